The summed E-state index contributed by atoms with van der Waals surface area (Å²) in [4.78, 5) is 10.4. The highest BCUT2D eigenvalue weighted by Crippen LogP contribution is 2.45. The summed E-state index contributed by atoms with van der Waals surface area (Å²) in [5.41, 5.74) is 0. The van der Waals surface area contributed by atoms with E-state index in [0.29, 0.717) is 11.9 Å². The zero-order valence-electron chi connectivity index (χ0n) is 13.4. The van der Waals surface area contributed by atoms with E-state index in [-0.39, 0.29) is 0 Å². The number of unbranched alkanes of at least 4 members (excludes halogenated alkanes) is 5. The zero-order chi connectivity index (χ0) is 16.3. The molecule has 0 spiro atoms. The molecule has 1 aromatic carbocycles. The Hall–Kier alpha value is -1.34. The predicted molar refractivity (Wildman–Crippen MR) is 89.8 cm³/mol. The first-order valence-corrected chi connectivity index (χ1v) is 9.46. The number of ether oxygens (including phenoxy) is 1. The van der Waals surface area contributed by atoms with Gasteiger partial charge in [0.15, 0.2) is 0 Å². The Morgan fingerprint density at radius 3 is 2.32 bits per heavy atom. The molecule has 0 saturated carbocycles. The first-order valence-electron chi connectivity index (χ1n) is 7.77. The van der Waals surface area contributed by atoms with Crippen LogP contribution in [0.15, 0.2) is 30.1 Å². The van der Waals surface area contributed by atoms with Gasteiger partial charge in [-0.05, 0) is 30.7 Å². The molecule has 0 amide bonds. The smallest absolute Gasteiger partial charge is 0.264 e. The lowest BCUT2D eigenvalue weighted by Gasteiger charge is -2.11. The second kappa shape index (κ2) is 10.4. The van der Waals surface area contributed by atoms with Crippen LogP contribution in [0.5, 0.6) is 5.75 Å². The molecule has 122 valence electrons. The Kier molecular flexibility index (Phi) is 8.84. The Bertz CT molecular complexity index is 518. The fourth-order valence-corrected chi connectivity index (χ4v) is 3.29. The normalized spacial score (nSPS) is 13.2. The van der Waals surface area contributed by atoms with Gasteiger partial charge in [0.1, 0.15) is 11.7 Å². The molecular formula is C17H25O4P. The lowest BCUT2D eigenvalue weighted by Crippen LogP contribution is -2.05. The van der Waals surface area contributed by atoms with E-state index in [2.05, 4.69) is 6.92 Å². The molecule has 5 heteroatoms. The van der Waals surface area contributed by atoms with Crippen LogP contribution in [0.3, 0.4) is 0 Å². The maximum absolute atomic E-state index is 12.3. The monoisotopic (exact) mass is 324 g/mol. The van der Waals surface area contributed by atoms with Crippen LogP contribution in [-0.2, 0) is 13.9 Å². The third-order valence-electron chi connectivity index (χ3n) is 3.46. The van der Waals surface area contributed by atoms with Crippen molar-refractivity contribution in [1.82, 2.24) is 0 Å². The Morgan fingerprint density at radius 2 is 1.73 bits per heavy atom. The molecule has 0 N–H and O–H groups in total. The van der Waals surface area contributed by atoms with Crippen LogP contribution in [-0.4, -0.2) is 19.7 Å². The first-order chi connectivity index (χ1) is 10.7. The molecule has 1 aromatic rings. The topological polar surface area (TPSA) is 52.6 Å². The molecule has 4 nitrogen and oxygen atoms in total. The molecule has 0 fully saturated rings. The maximum atomic E-state index is 12.3. The van der Waals surface area contributed by atoms with Crippen LogP contribution in [0.2, 0.25) is 0 Å². The highest BCUT2D eigenvalue weighted by molar-refractivity contribution is 7.70. The summed E-state index contributed by atoms with van der Waals surface area (Å²) in [6.45, 7) is 2.89. The third kappa shape index (κ3) is 6.19. The minimum atomic E-state index is -3.22. The van der Waals surface area contributed by atoms with Crippen LogP contribution in [0.4, 0.5) is 0 Å². The lowest BCUT2D eigenvalue weighted by atomic mass is 10.1. The minimum Gasteiger partial charge on any atom is -0.494 e. The number of hydrogen-bond donors (Lipinski definition) is 0. The van der Waals surface area contributed by atoms with Crippen molar-refractivity contribution in [3.63, 3.8) is 0 Å². The number of hydrogen-bond acceptors (Lipinski definition) is 4. The molecular weight excluding hydrogens is 299 g/mol. The second-order valence-corrected chi connectivity index (χ2v) is 7.47. The summed E-state index contributed by atoms with van der Waals surface area (Å²) in [5, 5.41) is 0.463. The molecule has 0 heterocycles. The molecule has 0 radical (unpaired) electrons. The summed E-state index contributed by atoms with van der Waals surface area (Å²) in [6.07, 6.45) is 7.33. The van der Waals surface area contributed by atoms with Gasteiger partial charge in [0.05, 0.1) is 12.4 Å². The van der Waals surface area contributed by atoms with Gasteiger partial charge in [-0.3, -0.25) is 4.57 Å². The van der Waals surface area contributed by atoms with Gasteiger partial charge in [0.2, 0.25) is 0 Å². The highest BCUT2D eigenvalue weighted by Gasteiger charge is 2.21. The van der Waals surface area contributed by atoms with Crippen molar-refractivity contribution in [2.75, 3.05) is 13.7 Å². The Labute approximate surface area is 133 Å². The van der Waals surface area contributed by atoms with Crippen molar-refractivity contribution in [1.29, 1.82) is 0 Å². The van der Waals surface area contributed by atoms with E-state index < -0.39 is 7.37 Å². The second-order valence-electron chi connectivity index (χ2n) is 5.14. The molecule has 0 aromatic heterocycles. The molecule has 1 unspecified atom stereocenters. The fraction of sp³-hybridized carbons (Fsp3) is 0.529. The van der Waals surface area contributed by atoms with E-state index in [0.717, 1.165) is 18.0 Å². The Balaban J connectivity index is 2.42. The summed E-state index contributed by atoms with van der Waals surface area (Å²) in [7, 11) is -1.91. The lowest BCUT2D eigenvalue weighted by molar-refractivity contribution is 0.304. The average molecular weight is 324 g/mol. The fourth-order valence-electron chi connectivity index (χ4n) is 2.12. The third-order valence-corrected chi connectivity index (χ3v) is 5.46. The van der Waals surface area contributed by atoms with E-state index >= 15 is 0 Å². The molecule has 0 aliphatic heterocycles. The standard InChI is InChI=1S/C17H25O4P/c1-3-4-5-6-7-8-14-21-16-9-11-17(12-10-16)22(19,20-2)15-13-18/h9-12,15H,3-8,14H2,1-2H3. The van der Waals surface area contributed by atoms with Crippen molar-refractivity contribution < 1.29 is 18.6 Å². The number of benzene rings is 1. The van der Waals surface area contributed by atoms with Gasteiger partial charge in [-0.2, -0.15) is 0 Å². The Morgan fingerprint density at radius 1 is 1.09 bits per heavy atom. The van der Waals surface area contributed by atoms with E-state index in [9.17, 15) is 9.36 Å². The van der Waals surface area contributed by atoms with Crippen molar-refractivity contribution in [3.05, 3.63) is 30.1 Å². The van der Waals surface area contributed by atoms with Crippen molar-refractivity contribution in [2.24, 2.45) is 0 Å². The molecule has 1 atom stereocenters. The molecule has 0 bridgehead atoms. The van der Waals surface area contributed by atoms with Gasteiger partial charge >= 0.3 is 0 Å². The first kappa shape index (κ1) is 18.7. The molecule has 1 rings (SSSR count). The number of carbonyl (C=O) groups excluding carboxylic acids is 1. The average Bonchev–Trinajstić information content (AvgIpc) is 2.54. The SMILES string of the molecule is CCCCCCCCOc1ccc(P(=O)(C=C=O)OC)cc1. The molecule has 22 heavy (non-hydrogen) atoms. The van der Waals surface area contributed by atoms with E-state index in [1.807, 2.05) is 0 Å². The van der Waals surface area contributed by atoms with Gasteiger partial charge in [0, 0.05) is 12.4 Å². The summed E-state index contributed by atoms with van der Waals surface area (Å²) in [6, 6.07) is 6.82. The van der Waals surface area contributed by atoms with Crippen LogP contribution in [0.25, 0.3) is 0 Å². The molecule has 0 aliphatic carbocycles. The molecule has 0 saturated heterocycles. The van der Waals surface area contributed by atoms with E-state index in [4.69, 9.17) is 9.26 Å². The van der Waals surface area contributed by atoms with Crippen LogP contribution in [0.1, 0.15) is 45.4 Å². The summed E-state index contributed by atoms with van der Waals surface area (Å²) >= 11 is 0. The van der Waals surface area contributed by atoms with Crippen LogP contribution >= 0.6 is 7.37 Å². The van der Waals surface area contributed by atoms with Gasteiger partial charge in [-0.1, -0.05) is 39.0 Å². The quantitative estimate of drug-likeness (QED) is 0.345. The van der Waals surface area contributed by atoms with Gasteiger partial charge < -0.3 is 9.26 Å². The summed E-state index contributed by atoms with van der Waals surface area (Å²) in [5.74, 6) is 3.22. The van der Waals surface area contributed by atoms with Crippen molar-refractivity contribution in [2.45, 2.75) is 45.4 Å². The van der Waals surface area contributed by atoms with Crippen molar-refractivity contribution in [3.8, 4) is 5.75 Å². The van der Waals surface area contributed by atoms with Crippen LogP contribution in [0, 0.1) is 0 Å². The van der Waals surface area contributed by atoms with Gasteiger partial charge in [-0.15, -0.1) is 0 Å². The van der Waals surface area contributed by atoms with E-state index in [1.165, 1.54) is 39.2 Å². The zero-order valence-corrected chi connectivity index (χ0v) is 14.3. The van der Waals surface area contributed by atoms with Gasteiger partial charge in [0.25, 0.3) is 7.37 Å². The maximum Gasteiger partial charge on any atom is 0.264 e. The molecule has 0 aliphatic rings. The number of rotatable bonds is 11. The minimum absolute atomic E-state index is 0.463. The van der Waals surface area contributed by atoms with Crippen LogP contribution < -0.4 is 10.0 Å². The van der Waals surface area contributed by atoms with Crippen molar-refractivity contribution >= 4 is 18.6 Å². The largest absolute Gasteiger partial charge is 0.494 e. The highest BCUT2D eigenvalue weighted by atomic mass is 31.2. The van der Waals surface area contributed by atoms with Gasteiger partial charge in [-0.25, -0.2) is 4.79 Å². The van der Waals surface area contributed by atoms with E-state index in [1.54, 1.807) is 30.2 Å². The predicted octanol–water partition coefficient (Wildman–Crippen LogP) is 4.32. The summed E-state index contributed by atoms with van der Waals surface area (Å²) < 4.78 is 22.9.